The maximum Gasteiger partial charge on any atom is 0.134 e. The van der Waals surface area contributed by atoms with Gasteiger partial charge in [-0.25, -0.2) is 9.97 Å². The molecule has 1 aromatic rings. The van der Waals surface area contributed by atoms with Crippen LogP contribution in [-0.4, -0.2) is 30.1 Å². The summed E-state index contributed by atoms with van der Waals surface area (Å²) >= 11 is 0. The van der Waals surface area contributed by atoms with Gasteiger partial charge in [0.2, 0.25) is 0 Å². The van der Waals surface area contributed by atoms with Crippen molar-refractivity contribution in [3.63, 3.8) is 0 Å². The van der Waals surface area contributed by atoms with E-state index in [4.69, 9.17) is 5.26 Å². The van der Waals surface area contributed by atoms with Gasteiger partial charge in [-0.05, 0) is 12.3 Å². The first-order valence-electron chi connectivity index (χ1n) is 5.77. The lowest BCUT2D eigenvalue weighted by Crippen LogP contribution is -2.18. The molecule has 0 bridgehead atoms. The van der Waals surface area contributed by atoms with Crippen LogP contribution in [-0.2, 0) is 0 Å². The summed E-state index contributed by atoms with van der Waals surface area (Å²) in [5, 5.41) is 11.9. The van der Waals surface area contributed by atoms with Gasteiger partial charge in [0.25, 0.3) is 0 Å². The Morgan fingerprint density at radius 1 is 1.47 bits per heavy atom. The Balaban J connectivity index is 2.57. The molecule has 0 aliphatic rings. The van der Waals surface area contributed by atoms with E-state index in [-0.39, 0.29) is 0 Å². The van der Waals surface area contributed by atoms with Gasteiger partial charge in [0.15, 0.2) is 0 Å². The lowest BCUT2D eigenvalue weighted by atomic mass is 10.1. The lowest BCUT2D eigenvalue weighted by Gasteiger charge is -2.14. The summed E-state index contributed by atoms with van der Waals surface area (Å²) in [5.74, 6) is 2.24. The van der Waals surface area contributed by atoms with Gasteiger partial charge in [0, 0.05) is 19.7 Å². The van der Waals surface area contributed by atoms with Gasteiger partial charge >= 0.3 is 0 Å². The number of hydrogen-bond donors (Lipinski definition) is 1. The van der Waals surface area contributed by atoms with Crippen molar-refractivity contribution in [3.8, 4) is 6.07 Å². The molecule has 0 amide bonds. The highest BCUT2D eigenvalue weighted by Gasteiger charge is 2.03. The Labute approximate surface area is 102 Å². The molecule has 1 aromatic heterocycles. The smallest absolute Gasteiger partial charge is 0.134 e. The molecule has 0 saturated carbocycles. The van der Waals surface area contributed by atoms with Crippen LogP contribution in [0.3, 0.4) is 0 Å². The van der Waals surface area contributed by atoms with E-state index in [0.29, 0.717) is 12.5 Å². The third-order valence-corrected chi connectivity index (χ3v) is 2.38. The summed E-state index contributed by atoms with van der Waals surface area (Å²) in [6.07, 6.45) is 2.62. The van der Waals surface area contributed by atoms with E-state index < -0.39 is 0 Å². The predicted molar refractivity (Wildman–Crippen MR) is 68.9 cm³/mol. The number of hydrogen-bond acceptors (Lipinski definition) is 5. The van der Waals surface area contributed by atoms with Crippen LogP contribution in [0.1, 0.15) is 20.3 Å². The largest absolute Gasteiger partial charge is 0.370 e. The summed E-state index contributed by atoms with van der Waals surface area (Å²) < 4.78 is 0. The molecule has 0 aliphatic heterocycles. The van der Waals surface area contributed by atoms with E-state index in [0.717, 1.165) is 24.6 Å². The van der Waals surface area contributed by atoms with Gasteiger partial charge in [-0.15, -0.1) is 0 Å². The normalized spacial score (nSPS) is 10.1. The quantitative estimate of drug-likeness (QED) is 0.760. The van der Waals surface area contributed by atoms with Crippen LogP contribution in [0.15, 0.2) is 12.4 Å². The highest BCUT2D eigenvalue weighted by Crippen LogP contribution is 2.12. The Morgan fingerprint density at radius 2 is 2.24 bits per heavy atom. The summed E-state index contributed by atoms with van der Waals surface area (Å²) in [7, 11) is 1.84. The molecule has 1 heterocycles. The van der Waals surface area contributed by atoms with E-state index in [1.54, 1.807) is 4.90 Å². The van der Waals surface area contributed by atoms with Crippen molar-refractivity contribution < 1.29 is 0 Å². The second-order valence-electron chi connectivity index (χ2n) is 4.38. The standard InChI is InChI=1S/C12H19N5/c1-10(2)4-6-14-11-8-12(16-9-15-11)17(3)7-5-13/h8-10H,4,6-7H2,1-3H3,(H,14,15,16). The number of rotatable bonds is 6. The molecular weight excluding hydrogens is 214 g/mol. The zero-order chi connectivity index (χ0) is 12.7. The molecule has 17 heavy (non-hydrogen) atoms. The van der Waals surface area contributed by atoms with E-state index in [1.165, 1.54) is 6.33 Å². The highest BCUT2D eigenvalue weighted by molar-refractivity contribution is 5.48. The van der Waals surface area contributed by atoms with Crippen LogP contribution in [0.4, 0.5) is 11.6 Å². The first kappa shape index (κ1) is 13.2. The molecule has 92 valence electrons. The predicted octanol–water partition coefficient (Wildman–Crippen LogP) is 1.89. The molecule has 0 aliphatic carbocycles. The van der Waals surface area contributed by atoms with Crippen molar-refractivity contribution in [2.75, 3.05) is 30.4 Å². The molecule has 0 atom stereocenters. The number of nitrogens with zero attached hydrogens (tertiary/aromatic N) is 4. The fourth-order valence-electron chi connectivity index (χ4n) is 1.33. The van der Waals surface area contributed by atoms with Gasteiger partial charge in [-0.3, -0.25) is 0 Å². The van der Waals surface area contributed by atoms with Crippen LogP contribution in [0.25, 0.3) is 0 Å². The first-order valence-corrected chi connectivity index (χ1v) is 5.77. The highest BCUT2D eigenvalue weighted by atomic mass is 15.2. The fourth-order valence-corrected chi connectivity index (χ4v) is 1.33. The van der Waals surface area contributed by atoms with Gasteiger partial charge < -0.3 is 10.2 Å². The van der Waals surface area contributed by atoms with Crippen LogP contribution < -0.4 is 10.2 Å². The van der Waals surface area contributed by atoms with E-state index in [1.807, 2.05) is 13.1 Å². The Morgan fingerprint density at radius 3 is 2.88 bits per heavy atom. The summed E-state index contributed by atoms with van der Waals surface area (Å²) in [6, 6.07) is 3.95. The van der Waals surface area contributed by atoms with E-state index in [9.17, 15) is 0 Å². The lowest BCUT2D eigenvalue weighted by molar-refractivity contribution is 0.606. The minimum Gasteiger partial charge on any atom is -0.370 e. The maximum absolute atomic E-state index is 8.62. The zero-order valence-electron chi connectivity index (χ0n) is 10.6. The monoisotopic (exact) mass is 233 g/mol. The van der Waals surface area contributed by atoms with Crippen LogP contribution in [0.5, 0.6) is 0 Å². The van der Waals surface area contributed by atoms with Crippen molar-refractivity contribution in [2.24, 2.45) is 5.92 Å². The maximum atomic E-state index is 8.62. The molecule has 0 unspecified atom stereocenters. The SMILES string of the molecule is CC(C)CCNc1cc(N(C)CC#N)ncn1. The first-order chi connectivity index (χ1) is 8.13. The average Bonchev–Trinajstić information content (AvgIpc) is 2.29. The van der Waals surface area contributed by atoms with Crippen LogP contribution in [0, 0.1) is 17.2 Å². The zero-order valence-corrected chi connectivity index (χ0v) is 10.6. The molecular formula is C12H19N5. The third-order valence-electron chi connectivity index (χ3n) is 2.38. The molecule has 0 fully saturated rings. The molecule has 1 N–H and O–H groups in total. The molecule has 0 saturated heterocycles. The fraction of sp³-hybridized carbons (Fsp3) is 0.583. The summed E-state index contributed by atoms with van der Waals surface area (Å²) in [4.78, 5) is 10.1. The van der Waals surface area contributed by atoms with E-state index in [2.05, 4.69) is 35.2 Å². The van der Waals surface area contributed by atoms with Gasteiger partial charge in [-0.2, -0.15) is 5.26 Å². The summed E-state index contributed by atoms with van der Waals surface area (Å²) in [6.45, 7) is 5.60. The minimum absolute atomic E-state index is 0.322. The molecule has 0 radical (unpaired) electrons. The number of aromatic nitrogens is 2. The minimum atomic E-state index is 0.322. The Hall–Kier alpha value is -1.83. The van der Waals surface area contributed by atoms with Crippen molar-refractivity contribution in [1.29, 1.82) is 5.26 Å². The number of nitrogens with one attached hydrogen (secondary N) is 1. The van der Waals surface area contributed by atoms with Crippen molar-refractivity contribution >= 4 is 11.6 Å². The van der Waals surface area contributed by atoms with Crippen LogP contribution in [0.2, 0.25) is 0 Å². The van der Waals surface area contributed by atoms with Gasteiger partial charge in [0.05, 0.1) is 6.07 Å². The Bertz CT molecular complexity index is 383. The Kier molecular flexibility index (Phi) is 5.21. The van der Waals surface area contributed by atoms with Gasteiger partial charge in [0.1, 0.15) is 24.5 Å². The van der Waals surface area contributed by atoms with Gasteiger partial charge in [-0.1, -0.05) is 13.8 Å². The van der Waals surface area contributed by atoms with Crippen LogP contribution >= 0.6 is 0 Å². The molecule has 5 heteroatoms. The van der Waals surface area contributed by atoms with Crippen molar-refractivity contribution in [3.05, 3.63) is 12.4 Å². The summed E-state index contributed by atoms with van der Waals surface area (Å²) in [5.41, 5.74) is 0. The van der Waals surface area contributed by atoms with Crippen molar-refractivity contribution in [2.45, 2.75) is 20.3 Å². The molecule has 1 rings (SSSR count). The second-order valence-corrected chi connectivity index (χ2v) is 4.38. The molecule has 0 spiro atoms. The van der Waals surface area contributed by atoms with E-state index >= 15 is 0 Å². The second kappa shape index (κ2) is 6.69. The molecule has 5 nitrogen and oxygen atoms in total. The average molecular weight is 233 g/mol. The van der Waals surface area contributed by atoms with Crippen molar-refractivity contribution in [1.82, 2.24) is 9.97 Å². The molecule has 0 aromatic carbocycles. The topological polar surface area (TPSA) is 64.8 Å². The number of anilines is 2. The number of nitriles is 1. The third kappa shape index (κ3) is 4.68.